The number of halogens is 1. The molecule has 1 aliphatic heterocycles. The molecule has 8 nitrogen and oxygen atoms in total. The SMILES string of the molecule is CCN/C1=C(\C=N)Cc2nn(C)nc2-c2ccc(F)cc2[C@@H](C)Oc2cc1cnc2N. The average molecular weight is 421 g/mol. The molecule has 3 heterocycles. The second-order valence-corrected chi connectivity index (χ2v) is 7.34. The van der Waals surface area contributed by atoms with Crippen molar-refractivity contribution in [2.24, 2.45) is 7.05 Å². The Labute approximate surface area is 179 Å². The third-order valence-corrected chi connectivity index (χ3v) is 5.17. The molecule has 9 heteroatoms. The van der Waals surface area contributed by atoms with Gasteiger partial charge in [-0.3, -0.25) is 0 Å². The highest BCUT2D eigenvalue weighted by Crippen LogP contribution is 2.36. The largest absolute Gasteiger partial charge is 0.482 e. The van der Waals surface area contributed by atoms with E-state index in [-0.39, 0.29) is 11.6 Å². The highest BCUT2D eigenvalue weighted by atomic mass is 19.1. The molecule has 3 aromatic rings. The van der Waals surface area contributed by atoms with Crippen LogP contribution in [0.3, 0.4) is 0 Å². The second-order valence-electron chi connectivity index (χ2n) is 7.34. The van der Waals surface area contributed by atoms with Crippen LogP contribution in [0.25, 0.3) is 17.0 Å². The van der Waals surface area contributed by atoms with Crippen LogP contribution < -0.4 is 15.8 Å². The first-order valence-corrected chi connectivity index (χ1v) is 10.0. The first-order valence-electron chi connectivity index (χ1n) is 10.0. The van der Waals surface area contributed by atoms with Crippen molar-refractivity contribution in [2.45, 2.75) is 26.4 Å². The van der Waals surface area contributed by atoms with E-state index in [1.165, 1.54) is 23.1 Å². The maximum absolute atomic E-state index is 14.2. The molecule has 0 radical (unpaired) electrons. The van der Waals surface area contributed by atoms with Crippen LogP contribution in [-0.2, 0) is 13.5 Å². The Morgan fingerprint density at radius 2 is 2.16 bits per heavy atom. The summed E-state index contributed by atoms with van der Waals surface area (Å²) in [7, 11) is 1.74. The molecule has 160 valence electrons. The molecule has 1 atom stereocenters. The number of pyridine rings is 1. The van der Waals surface area contributed by atoms with Crippen molar-refractivity contribution >= 4 is 17.7 Å². The number of benzene rings is 1. The average Bonchev–Trinajstić information content (AvgIpc) is 3.11. The quantitative estimate of drug-likeness (QED) is 0.559. The van der Waals surface area contributed by atoms with Gasteiger partial charge in [0.2, 0.25) is 0 Å². The summed E-state index contributed by atoms with van der Waals surface area (Å²) in [6, 6.07) is 6.30. The molecular formula is C22H24FN7O. The van der Waals surface area contributed by atoms with Crippen molar-refractivity contribution in [1.82, 2.24) is 25.3 Å². The van der Waals surface area contributed by atoms with Gasteiger partial charge < -0.3 is 21.2 Å². The number of nitrogen functional groups attached to an aromatic ring is 1. The van der Waals surface area contributed by atoms with E-state index in [1.54, 1.807) is 25.4 Å². The molecule has 2 bridgehead atoms. The Balaban J connectivity index is 2.03. The summed E-state index contributed by atoms with van der Waals surface area (Å²) in [5.41, 5.74) is 10.9. The van der Waals surface area contributed by atoms with Crippen molar-refractivity contribution in [3.05, 3.63) is 58.7 Å². The maximum atomic E-state index is 14.2. The van der Waals surface area contributed by atoms with Gasteiger partial charge >= 0.3 is 0 Å². The first kappa shape index (κ1) is 20.5. The number of ether oxygens (including phenoxy) is 1. The van der Waals surface area contributed by atoms with Crippen LogP contribution in [0, 0.1) is 11.2 Å². The van der Waals surface area contributed by atoms with E-state index in [0.29, 0.717) is 41.2 Å². The van der Waals surface area contributed by atoms with Crippen LogP contribution in [0.2, 0.25) is 0 Å². The lowest BCUT2D eigenvalue weighted by Crippen LogP contribution is -2.17. The highest BCUT2D eigenvalue weighted by Gasteiger charge is 2.24. The Hall–Kier alpha value is -3.75. The fourth-order valence-electron chi connectivity index (χ4n) is 3.77. The molecule has 4 N–H and O–H groups in total. The predicted molar refractivity (Wildman–Crippen MR) is 117 cm³/mol. The number of allylic oxidation sites excluding steroid dienone is 1. The van der Waals surface area contributed by atoms with E-state index in [1.807, 2.05) is 13.8 Å². The lowest BCUT2D eigenvalue weighted by Gasteiger charge is -2.21. The van der Waals surface area contributed by atoms with Crippen LogP contribution in [0.5, 0.6) is 5.75 Å². The van der Waals surface area contributed by atoms with E-state index in [4.69, 9.17) is 15.9 Å². The molecule has 1 aliphatic rings. The Bertz CT molecular complexity index is 1180. The van der Waals surface area contributed by atoms with Gasteiger partial charge in [0.25, 0.3) is 0 Å². The summed E-state index contributed by atoms with van der Waals surface area (Å²) >= 11 is 0. The van der Waals surface area contributed by atoms with Gasteiger partial charge in [0.05, 0.1) is 5.69 Å². The van der Waals surface area contributed by atoms with Gasteiger partial charge in [-0.2, -0.15) is 15.0 Å². The number of aryl methyl sites for hydroxylation is 1. The third-order valence-electron chi connectivity index (χ3n) is 5.17. The number of aromatic nitrogens is 4. The minimum atomic E-state index is -0.520. The third kappa shape index (κ3) is 3.86. The molecule has 31 heavy (non-hydrogen) atoms. The molecule has 0 saturated carbocycles. The number of anilines is 1. The lowest BCUT2D eigenvalue weighted by atomic mass is 9.96. The molecule has 0 spiro atoms. The van der Waals surface area contributed by atoms with Crippen LogP contribution in [0.4, 0.5) is 10.2 Å². The molecule has 1 aromatic carbocycles. The Morgan fingerprint density at radius 3 is 2.90 bits per heavy atom. The van der Waals surface area contributed by atoms with Gasteiger partial charge in [0.15, 0.2) is 11.6 Å². The molecule has 2 aromatic heterocycles. The van der Waals surface area contributed by atoms with Crippen LogP contribution in [0.15, 0.2) is 36.0 Å². The van der Waals surface area contributed by atoms with Gasteiger partial charge in [-0.15, -0.1) is 0 Å². The maximum Gasteiger partial charge on any atom is 0.166 e. The molecular weight excluding hydrogens is 397 g/mol. The monoisotopic (exact) mass is 421 g/mol. The number of nitrogens with two attached hydrogens (primary N) is 1. The summed E-state index contributed by atoms with van der Waals surface area (Å²) in [5.74, 6) is 0.249. The van der Waals surface area contributed by atoms with Gasteiger partial charge in [-0.25, -0.2) is 9.37 Å². The highest BCUT2D eigenvalue weighted by molar-refractivity contribution is 5.90. The zero-order chi connectivity index (χ0) is 22.1. The zero-order valence-electron chi connectivity index (χ0n) is 17.6. The topological polar surface area (TPSA) is 115 Å². The molecule has 0 amide bonds. The summed E-state index contributed by atoms with van der Waals surface area (Å²) in [5, 5.41) is 20.5. The number of rotatable bonds is 3. The van der Waals surface area contributed by atoms with Crippen molar-refractivity contribution in [3.63, 3.8) is 0 Å². The first-order chi connectivity index (χ1) is 14.9. The van der Waals surface area contributed by atoms with Crippen molar-refractivity contribution in [3.8, 4) is 17.0 Å². The van der Waals surface area contributed by atoms with Crippen molar-refractivity contribution < 1.29 is 9.13 Å². The summed E-state index contributed by atoms with van der Waals surface area (Å²) in [6.45, 7) is 4.46. The van der Waals surface area contributed by atoms with Gasteiger partial charge in [0, 0.05) is 54.8 Å². The smallest absolute Gasteiger partial charge is 0.166 e. The Morgan fingerprint density at radius 1 is 1.35 bits per heavy atom. The van der Waals surface area contributed by atoms with Crippen LogP contribution >= 0.6 is 0 Å². The number of hydrogen-bond acceptors (Lipinski definition) is 7. The van der Waals surface area contributed by atoms with E-state index >= 15 is 0 Å². The molecule has 0 aliphatic carbocycles. The van der Waals surface area contributed by atoms with Gasteiger partial charge in [0.1, 0.15) is 17.6 Å². The molecule has 4 rings (SSSR count). The second kappa shape index (κ2) is 8.17. The van der Waals surface area contributed by atoms with Gasteiger partial charge in [-0.05, 0) is 43.7 Å². The van der Waals surface area contributed by atoms with E-state index in [2.05, 4.69) is 20.5 Å². The number of hydrogen-bond donors (Lipinski definition) is 3. The minimum Gasteiger partial charge on any atom is -0.482 e. The van der Waals surface area contributed by atoms with Gasteiger partial charge in [-0.1, -0.05) is 0 Å². The van der Waals surface area contributed by atoms with E-state index in [9.17, 15) is 4.39 Å². The van der Waals surface area contributed by atoms with Crippen LogP contribution in [-0.4, -0.2) is 32.7 Å². The zero-order valence-corrected chi connectivity index (χ0v) is 17.6. The molecule has 0 saturated heterocycles. The van der Waals surface area contributed by atoms with Crippen molar-refractivity contribution in [1.29, 1.82) is 5.41 Å². The number of nitrogens with zero attached hydrogens (tertiary/aromatic N) is 4. The van der Waals surface area contributed by atoms with Crippen LogP contribution in [0.1, 0.15) is 36.8 Å². The number of nitrogens with one attached hydrogen (secondary N) is 2. The van der Waals surface area contributed by atoms with Crippen molar-refractivity contribution in [2.75, 3.05) is 12.3 Å². The summed E-state index contributed by atoms with van der Waals surface area (Å²) in [4.78, 5) is 5.77. The fraction of sp³-hybridized carbons (Fsp3) is 0.273. The predicted octanol–water partition coefficient (Wildman–Crippen LogP) is 3.26. The van der Waals surface area contributed by atoms with E-state index < -0.39 is 6.10 Å². The van der Waals surface area contributed by atoms with E-state index in [0.717, 1.165) is 16.8 Å². The normalized spacial score (nSPS) is 18.1. The minimum absolute atomic E-state index is 0.234. The molecule has 0 unspecified atom stereocenters. The standard InChI is InChI=1S/C22H24FN7O/c1-4-26-20-13(10-24)7-18-21(29-30(3)28-18)16-6-5-15(23)9-17(16)12(2)31-19-8-14(20)11-27-22(19)25/h5-6,8-12,24,26H,4,7H2,1-3H3,(H2,25,27)/b20-13-,24-10?/t12-/m1/s1. The molecule has 0 fully saturated rings. The summed E-state index contributed by atoms with van der Waals surface area (Å²) < 4.78 is 20.3. The lowest BCUT2D eigenvalue weighted by molar-refractivity contribution is 0.227. The summed E-state index contributed by atoms with van der Waals surface area (Å²) in [6.07, 6.45) is 2.78. The number of fused-ring (bicyclic) bond motifs is 5. The Kier molecular flexibility index (Phi) is 5.41. The fourth-order valence-corrected chi connectivity index (χ4v) is 3.77.